The molecule has 1 aliphatic heterocycles. The second kappa shape index (κ2) is 61.8. The third kappa shape index (κ3) is 48.5. The largest absolute Gasteiger partial charge is 0.394 e. The first-order chi connectivity index (χ1) is 41.2. The number of unbranched alkanes of at least 4 members (excludes halogenated alkanes) is 49. The van der Waals surface area contributed by atoms with E-state index in [1.165, 1.54) is 289 Å². The Morgan fingerprint density at radius 2 is 0.702 bits per heavy atom. The van der Waals surface area contributed by atoms with Crippen molar-refractivity contribution in [2.75, 3.05) is 13.2 Å². The van der Waals surface area contributed by atoms with Crippen molar-refractivity contribution in [3.8, 4) is 0 Å². The molecule has 1 heterocycles. The summed E-state index contributed by atoms with van der Waals surface area (Å²) >= 11 is 0. The molecule has 1 aliphatic rings. The van der Waals surface area contributed by atoms with Crippen molar-refractivity contribution >= 4 is 5.91 Å². The zero-order chi connectivity index (χ0) is 61.0. The van der Waals surface area contributed by atoms with Crippen molar-refractivity contribution in [2.24, 2.45) is 0 Å². The maximum absolute atomic E-state index is 13.3. The molecule has 0 radical (unpaired) electrons. The average Bonchev–Trinajstić information content (AvgIpc) is 3.67. The van der Waals surface area contributed by atoms with E-state index >= 15 is 0 Å². The number of rotatable bonds is 65. The molecule has 0 aromatic heterocycles. The lowest BCUT2D eigenvalue weighted by Crippen LogP contribution is -2.60. The standard InChI is InChI=1S/C73H141NO10/c1-3-5-7-9-11-13-15-17-19-21-23-25-26-27-28-29-30-31-32-33-34-35-36-37-38-39-41-43-45-47-49-51-53-55-57-59-61-66(77)72(82)74-64(63-83-73-71(81)70(80)69(79)67(62-75)84-73)68(78)65(76)60-58-56-54-52-50-48-46-44-42-40-24-22-20-18-16-14-12-10-8-6-4-2/h31-32,52,54,64-71,73,75-81H,3-30,33-51,53,55-63H2,1-2H3,(H,74,82)/b32-31-,54-52+. The van der Waals surface area contributed by atoms with Gasteiger partial charge in [0.1, 0.15) is 36.6 Å². The fourth-order valence-corrected chi connectivity index (χ4v) is 12.1. The first-order valence-corrected chi connectivity index (χ1v) is 36.7. The van der Waals surface area contributed by atoms with E-state index in [4.69, 9.17) is 9.47 Å². The highest BCUT2D eigenvalue weighted by Gasteiger charge is 2.44. The molecule has 1 saturated heterocycles. The number of aliphatic hydroxyl groups excluding tert-OH is 7. The smallest absolute Gasteiger partial charge is 0.249 e. The fraction of sp³-hybridized carbons (Fsp3) is 0.932. The van der Waals surface area contributed by atoms with Crippen molar-refractivity contribution in [2.45, 2.75) is 422 Å². The SMILES string of the molecule is CCCCCCCCCCCCCCCCCC/C=C\CCCCCCCCCCCCCCCCCCC(O)C(=O)NC(COC1OC(CO)C(O)C(O)C1O)C(O)C(O)CCC/C=C/CCCCCCCCCCCCCCCCCC. The molecular formula is C73H141NO10. The molecule has 9 atom stereocenters. The van der Waals surface area contributed by atoms with Crippen LogP contribution in [0.3, 0.4) is 0 Å². The molecule has 498 valence electrons. The van der Waals surface area contributed by atoms with Gasteiger partial charge in [0.15, 0.2) is 6.29 Å². The van der Waals surface area contributed by atoms with Gasteiger partial charge in [0, 0.05) is 0 Å². The lowest BCUT2D eigenvalue weighted by atomic mass is 9.98. The average molecular weight is 1190 g/mol. The van der Waals surface area contributed by atoms with Crippen molar-refractivity contribution in [1.29, 1.82) is 0 Å². The maximum atomic E-state index is 13.3. The minimum atomic E-state index is -1.67. The Labute approximate surface area is 518 Å². The summed E-state index contributed by atoms with van der Waals surface area (Å²) in [7, 11) is 0. The first-order valence-electron chi connectivity index (χ1n) is 36.7. The van der Waals surface area contributed by atoms with Crippen molar-refractivity contribution < 1.29 is 50.0 Å². The molecule has 0 aliphatic carbocycles. The topological polar surface area (TPSA) is 189 Å². The van der Waals surface area contributed by atoms with Gasteiger partial charge in [-0.3, -0.25) is 4.79 Å². The molecule has 0 bridgehead atoms. The summed E-state index contributed by atoms with van der Waals surface area (Å²) in [5.41, 5.74) is 0. The summed E-state index contributed by atoms with van der Waals surface area (Å²) in [6, 6.07) is -1.18. The second-order valence-electron chi connectivity index (χ2n) is 26.0. The molecule has 1 amide bonds. The summed E-state index contributed by atoms with van der Waals surface area (Å²) in [6.07, 6.45) is 67.1. The van der Waals surface area contributed by atoms with E-state index in [0.29, 0.717) is 12.8 Å². The molecule has 9 unspecified atom stereocenters. The molecule has 1 rings (SSSR count). The number of amides is 1. The van der Waals surface area contributed by atoms with Crippen LogP contribution < -0.4 is 5.32 Å². The van der Waals surface area contributed by atoms with Gasteiger partial charge in [-0.05, 0) is 64.2 Å². The first kappa shape index (κ1) is 80.6. The Bertz CT molecular complexity index is 1420. The molecule has 11 heteroatoms. The van der Waals surface area contributed by atoms with E-state index in [2.05, 4.69) is 43.5 Å². The second-order valence-corrected chi connectivity index (χ2v) is 26.0. The van der Waals surface area contributed by atoms with Crippen LogP contribution in [0.25, 0.3) is 0 Å². The van der Waals surface area contributed by atoms with E-state index in [-0.39, 0.29) is 12.8 Å². The van der Waals surface area contributed by atoms with Crippen molar-refractivity contribution in [1.82, 2.24) is 5.32 Å². The minimum Gasteiger partial charge on any atom is -0.394 e. The minimum absolute atomic E-state index is 0.257. The monoisotopic (exact) mass is 1190 g/mol. The van der Waals surface area contributed by atoms with E-state index < -0.39 is 74.2 Å². The van der Waals surface area contributed by atoms with Crippen LogP contribution in [-0.4, -0.2) is 110 Å². The Morgan fingerprint density at radius 1 is 0.405 bits per heavy atom. The van der Waals surface area contributed by atoms with Crippen LogP contribution in [0.2, 0.25) is 0 Å². The molecule has 84 heavy (non-hydrogen) atoms. The van der Waals surface area contributed by atoms with Gasteiger partial charge in [-0.1, -0.05) is 327 Å². The summed E-state index contributed by atoms with van der Waals surface area (Å²) < 4.78 is 11.2. The number of ether oxygens (including phenoxy) is 2. The predicted molar refractivity (Wildman–Crippen MR) is 353 cm³/mol. The number of hydrogen-bond donors (Lipinski definition) is 8. The Hall–Kier alpha value is -1.41. The van der Waals surface area contributed by atoms with Crippen molar-refractivity contribution in [3.63, 3.8) is 0 Å². The Balaban J connectivity index is 2.15. The van der Waals surface area contributed by atoms with Crippen LogP contribution >= 0.6 is 0 Å². The maximum Gasteiger partial charge on any atom is 0.249 e. The molecule has 11 nitrogen and oxygen atoms in total. The van der Waals surface area contributed by atoms with E-state index in [1.54, 1.807) is 0 Å². The lowest BCUT2D eigenvalue weighted by Gasteiger charge is -2.40. The highest BCUT2D eigenvalue weighted by molar-refractivity contribution is 5.80. The predicted octanol–water partition coefficient (Wildman–Crippen LogP) is 18.0. The molecule has 8 N–H and O–H groups in total. The number of carbonyl (C=O) groups is 1. The third-order valence-corrected chi connectivity index (χ3v) is 18.0. The van der Waals surface area contributed by atoms with Crippen LogP contribution in [0.1, 0.15) is 367 Å². The third-order valence-electron chi connectivity index (χ3n) is 18.0. The molecule has 1 fully saturated rings. The molecule has 0 saturated carbocycles. The van der Waals surface area contributed by atoms with Gasteiger partial charge in [0.2, 0.25) is 5.91 Å². The number of nitrogens with one attached hydrogen (secondary N) is 1. The number of hydrogen-bond acceptors (Lipinski definition) is 10. The summed E-state index contributed by atoms with van der Waals surface area (Å²) in [5.74, 6) is -0.699. The Morgan fingerprint density at radius 3 is 1.02 bits per heavy atom. The van der Waals surface area contributed by atoms with Crippen LogP contribution in [0.15, 0.2) is 24.3 Å². The number of carbonyl (C=O) groups excluding carboxylic acids is 1. The van der Waals surface area contributed by atoms with Crippen LogP contribution in [-0.2, 0) is 14.3 Å². The molecule has 0 spiro atoms. The number of allylic oxidation sites excluding steroid dienone is 4. The van der Waals surface area contributed by atoms with Crippen LogP contribution in [0.4, 0.5) is 0 Å². The Kier molecular flexibility index (Phi) is 59.3. The zero-order valence-electron chi connectivity index (χ0n) is 55.2. The molecule has 0 aromatic carbocycles. The van der Waals surface area contributed by atoms with Gasteiger partial charge in [-0.25, -0.2) is 0 Å². The number of aliphatic hydroxyl groups is 7. The van der Waals surface area contributed by atoms with Gasteiger partial charge in [-0.2, -0.15) is 0 Å². The zero-order valence-corrected chi connectivity index (χ0v) is 55.2. The van der Waals surface area contributed by atoms with Crippen LogP contribution in [0.5, 0.6) is 0 Å². The highest BCUT2D eigenvalue weighted by Crippen LogP contribution is 2.24. The fourth-order valence-electron chi connectivity index (χ4n) is 12.1. The van der Waals surface area contributed by atoms with Gasteiger partial charge in [0.05, 0.1) is 25.4 Å². The van der Waals surface area contributed by atoms with Gasteiger partial charge in [-0.15, -0.1) is 0 Å². The van der Waals surface area contributed by atoms with Crippen LogP contribution in [0, 0.1) is 0 Å². The van der Waals surface area contributed by atoms with E-state index in [9.17, 15) is 40.5 Å². The quantitative estimate of drug-likeness (QED) is 0.0215. The summed E-state index contributed by atoms with van der Waals surface area (Å²) in [4.78, 5) is 13.3. The lowest BCUT2D eigenvalue weighted by molar-refractivity contribution is -0.303. The van der Waals surface area contributed by atoms with E-state index in [0.717, 1.165) is 38.5 Å². The highest BCUT2D eigenvalue weighted by atomic mass is 16.7. The molecular weight excluding hydrogens is 1050 g/mol. The van der Waals surface area contributed by atoms with Gasteiger partial charge >= 0.3 is 0 Å². The van der Waals surface area contributed by atoms with E-state index in [1.807, 2.05) is 0 Å². The summed E-state index contributed by atoms with van der Waals surface area (Å²) in [6.45, 7) is 3.50. The summed E-state index contributed by atoms with van der Waals surface area (Å²) in [5, 5.41) is 76.5. The molecule has 0 aromatic rings. The van der Waals surface area contributed by atoms with Gasteiger partial charge in [0.25, 0.3) is 0 Å². The van der Waals surface area contributed by atoms with Gasteiger partial charge < -0.3 is 50.5 Å². The normalized spacial score (nSPS) is 19.0. The van der Waals surface area contributed by atoms with Crippen molar-refractivity contribution in [3.05, 3.63) is 24.3 Å².